The topological polar surface area (TPSA) is 90.7 Å². The maximum absolute atomic E-state index is 11.8. The molecule has 0 amide bonds. The first-order valence-electron chi connectivity index (χ1n) is 6.14. The van der Waals surface area contributed by atoms with Crippen molar-refractivity contribution in [3.05, 3.63) is 33.9 Å². The summed E-state index contributed by atoms with van der Waals surface area (Å²) in [5.74, 6) is -0.688. The van der Waals surface area contributed by atoms with Crippen LogP contribution in [0, 0.1) is 10.1 Å². The lowest BCUT2D eigenvalue weighted by molar-refractivity contribution is -0.384. The summed E-state index contributed by atoms with van der Waals surface area (Å²) in [5.41, 5.74) is -0.423. The van der Waals surface area contributed by atoms with Crippen molar-refractivity contribution in [3.8, 4) is 0 Å². The number of nitrogens with one attached hydrogen (secondary N) is 1. The van der Waals surface area contributed by atoms with E-state index in [1.165, 1.54) is 6.07 Å². The van der Waals surface area contributed by atoms with Crippen LogP contribution in [0.2, 0.25) is 0 Å². The molecule has 0 unspecified atom stereocenters. The molecule has 0 aliphatic heterocycles. The number of carbonyl (C=O) groups is 1. The molecule has 0 aliphatic carbocycles. The van der Waals surface area contributed by atoms with Crippen LogP contribution in [0.3, 0.4) is 0 Å². The summed E-state index contributed by atoms with van der Waals surface area (Å²) in [7, 11) is 0. The van der Waals surface area contributed by atoms with Crippen molar-refractivity contribution < 1.29 is 32.4 Å². The number of hydrogen-bond acceptors (Lipinski definition) is 6. The van der Waals surface area contributed by atoms with Gasteiger partial charge in [0, 0.05) is 12.6 Å². The number of benzene rings is 1. The van der Waals surface area contributed by atoms with Gasteiger partial charge in [-0.3, -0.25) is 14.9 Å². The summed E-state index contributed by atoms with van der Waals surface area (Å²) in [5, 5.41) is 13.3. The second kappa shape index (κ2) is 7.59. The van der Waals surface area contributed by atoms with E-state index < -0.39 is 23.9 Å². The Balaban J connectivity index is 2.82. The average Bonchev–Trinajstić information content (AvgIpc) is 2.42. The molecule has 0 fully saturated rings. The van der Waals surface area contributed by atoms with Gasteiger partial charge in [-0.15, -0.1) is 13.2 Å². The number of nitro benzene ring substituents is 1. The summed E-state index contributed by atoms with van der Waals surface area (Å²) in [6.45, 7) is 0.659. The molecule has 1 N–H and O–H groups in total. The third kappa shape index (κ3) is 5.56. The third-order valence-corrected chi connectivity index (χ3v) is 2.39. The zero-order chi connectivity index (χ0) is 16.8. The molecule has 0 aromatic heterocycles. The highest BCUT2D eigenvalue weighted by Crippen LogP contribution is 2.26. The van der Waals surface area contributed by atoms with Crippen molar-refractivity contribution in [1.29, 1.82) is 0 Å². The van der Waals surface area contributed by atoms with E-state index in [-0.39, 0.29) is 30.1 Å². The van der Waals surface area contributed by atoms with Crippen molar-refractivity contribution in [2.45, 2.75) is 13.3 Å². The standard InChI is InChI=1S/C12H13F3N2O5/c1-2-21-11(18)8-3-4-10(17(19)20)9(7-8)16-5-6-22-12(13,14)15/h3-4,7,16H,2,5-6H2,1H3. The zero-order valence-corrected chi connectivity index (χ0v) is 11.5. The lowest BCUT2D eigenvalue weighted by atomic mass is 10.1. The van der Waals surface area contributed by atoms with Gasteiger partial charge < -0.3 is 10.1 Å². The summed E-state index contributed by atoms with van der Waals surface area (Å²) < 4.78 is 43.8. The summed E-state index contributed by atoms with van der Waals surface area (Å²) in [4.78, 5) is 21.7. The Kier molecular flexibility index (Phi) is 6.11. The number of halogens is 3. The molecule has 0 bridgehead atoms. The predicted molar refractivity (Wildman–Crippen MR) is 69.5 cm³/mol. The average molecular weight is 322 g/mol. The van der Waals surface area contributed by atoms with Crippen LogP contribution in [0.15, 0.2) is 18.2 Å². The smallest absolute Gasteiger partial charge is 0.462 e. The molecule has 7 nitrogen and oxygen atoms in total. The van der Waals surface area contributed by atoms with Gasteiger partial charge in [-0.1, -0.05) is 0 Å². The maximum atomic E-state index is 11.8. The van der Waals surface area contributed by atoms with Gasteiger partial charge in [-0.2, -0.15) is 0 Å². The Labute approximate surface area is 123 Å². The van der Waals surface area contributed by atoms with Crippen molar-refractivity contribution in [1.82, 2.24) is 0 Å². The molecule has 0 heterocycles. The number of rotatable bonds is 7. The molecular formula is C12H13F3N2O5. The molecule has 0 spiro atoms. The van der Waals surface area contributed by atoms with Crippen LogP contribution in [-0.4, -0.2) is 37.0 Å². The van der Waals surface area contributed by atoms with Crippen LogP contribution in [0.5, 0.6) is 0 Å². The Morgan fingerprint density at radius 3 is 2.64 bits per heavy atom. The fourth-order valence-electron chi connectivity index (χ4n) is 1.53. The molecule has 0 aliphatic rings. The normalized spacial score (nSPS) is 11.1. The van der Waals surface area contributed by atoms with Gasteiger partial charge in [0.25, 0.3) is 5.69 Å². The van der Waals surface area contributed by atoms with Crippen molar-refractivity contribution in [2.75, 3.05) is 25.1 Å². The minimum atomic E-state index is -4.78. The van der Waals surface area contributed by atoms with Crippen LogP contribution in [0.25, 0.3) is 0 Å². The molecule has 0 atom stereocenters. The largest absolute Gasteiger partial charge is 0.522 e. The van der Waals surface area contributed by atoms with Crippen molar-refractivity contribution in [3.63, 3.8) is 0 Å². The molecule has 0 saturated heterocycles. The zero-order valence-electron chi connectivity index (χ0n) is 11.5. The monoisotopic (exact) mass is 322 g/mol. The number of nitrogens with zero attached hydrogens (tertiary/aromatic N) is 1. The van der Waals surface area contributed by atoms with E-state index in [9.17, 15) is 28.1 Å². The van der Waals surface area contributed by atoms with Crippen LogP contribution < -0.4 is 5.32 Å². The van der Waals surface area contributed by atoms with Crippen LogP contribution in [-0.2, 0) is 9.47 Å². The third-order valence-electron chi connectivity index (χ3n) is 2.39. The number of nitro groups is 1. The molecule has 22 heavy (non-hydrogen) atoms. The Morgan fingerprint density at radius 1 is 1.41 bits per heavy atom. The summed E-state index contributed by atoms with van der Waals surface area (Å²) in [6.07, 6.45) is -4.78. The van der Waals surface area contributed by atoms with Crippen LogP contribution in [0.4, 0.5) is 24.5 Å². The molecule has 1 rings (SSSR count). The lowest BCUT2D eigenvalue weighted by Crippen LogP contribution is -2.19. The molecule has 1 aromatic rings. The molecular weight excluding hydrogens is 309 g/mol. The highest BCUT2D eigenvalue weighted by atomic mass is 19.4. The highest BCUT2D eigenvalue weighted by molar-refractivity contribution is 5.91. The van der Waals surface area contributed by atoms with Crippen LogP contribution in [0.1, 0.15) is 17.3 Å². The predicted octanol–water partition coefficient (Wildman–Crippen LogP) is 2.72. The van der Waals surface area contributed by atoms with Crippen molar-refractivity contribution in [2.24, 2.45) is 0 Å². The second-order valence-corrected chi connectivity index (χ2v) is 3.93. The number of ether oxygens (including phenoxy) is 2. The highest BCUT2D eigenvalue weighted by Gasteiger charge is 2.28. The van der Waals surface area contributed by atoms with E-state index in [4.69, 9.17) is 4.74 Å². The SMILES string of the molecule is CCOC(=O)c1ccc([N+](=O)[O-])c(NCCOC(F)(F)F)c1. The van der Waals surface area contributed by atoms with E-state index in [1.54, 1.807) is 6.92 Å². The second-order valence-electron chi connectivity index (χ2n) is 3.93. The van der Waals surface area contributed by atoms with Gasteiger partial charge in [0.2, 0.25) is 0 Å². The van der Waals surface area contributed by atoms with Gasteiger partial charge in [-0.25, -0.2) is 4.79 Å². The minimum absolute atomic E-state index is 0.0479. The first kappa shape index (κ1) is 17.7. The lowest BCUT2D eigenvalue weighted by Gasteiger charge is -2.10. The van der Waals surface area contributed by atoms with E-state index in [0.717, 1.165) is 12.1 Å². The van der Waals surface area contributed by atoms with Gasteiger partial charge in [0.05, 0.1) is 23.7 Å². The number of anilines is 1. The van der Waals surface area contributed by atoms with Gasteiger partial charge in [0.15, 0.2) is 0 Å². The van der Waals surface area contributed by atoms with Gasteiger partial charge in [-0.05, 0) is 19.1 Å². The number of hydrogen-bond donors (Lipinski definition) is 1. The number of alkyl halides is 3. The first-order chi connectivity index (χ1) is 10.2. The quantitative estimate of drug-likeness (QED) is 0.359. The fourth-order valence-corrected chi connectivity index (χ4v) is 1.53. The van der Waals surface area contributed by atoms with E-state index in [0.29, 0.717) is 0 Å². The fraction of sp³-hybridized carbons (Fsp3) is 0.417. The van der Waals surface area contributed by atoms with E-state index in [2.05, 4.69) is 10.1 Å². The van der Waals surface area contributed by atoms with E-state index in [1.807, 2.05) is 0 Å². The number of carbonyl (C=O) groups excluding carboxylic acids is 1. The Hall–Kier alpha value is -2.36. The first-order valence-corrected chi connectivity index (χ1v) is 6.14. The van der Waals surface area contributed by atoms with Gasteiger partial charge >= 0.3 is 12.3 Å². The Bertz CT molecular complexity index is 548. The molecule has 10 heteroatoms. The van der Waals surface area contributed by atoms with Gasteiger partial charge in [0.1, 0.15) is 5.69 Å². The maximum Gasteiger partial charge on any atom is 0.522 e. The van der Waals surface area contributed by atoms with Crippen molar-refractivity contribution >= 4 is 17.3 Å². The molecule has 0 saturated carbocycles. The minimum Gasteiger partial charge on any atom is -0.462 e. The molecule has 122 valence electrons. The summed E-state index contributed by atoms with van der Waals surface area (Å²) >= 11 is 0. The number of esters is 1. The Morgan fingerprint density at radius 2 is 2.09 bits per heavy atom. The molecule has 1 aromatic carbocycles. The summed E-state index contributed by atoms with van der Waals surface area (Å²) in [6, 6.07) is 3.41. The molecule has 0 radical (unpaired) electrons. The van der Waals surface area contributed by atoms with E-state index >= 15 is 0 Å². The van der Waals surface area contributed by atoms with Crippen LogP contribution >= 0.6 is 0 Å².